The number of anilines is 2. The molecule has 3 rings (SSSR count). The molecule has 1 aliphatic heterocycles. The van der Waals surface area contributed by atoms with Crippen LogP contribution in [0.15, 0.2) is 42.5 Å². The summed E-state index contributed by atoms with van der Waals surface area (Å²) < 4.78 is 11.0. The van der Waals surface area contributed by atoms with Gasteiger partial charge in [-0.3, -0.25) is 5.32 Å². The third-order valence-electron chi connectivity index (χ3n) is 5.13. The Bertz CT molecular complexity index is 857. The van der Waals surface area contributed by atoms with Gasteiger partial charge in [0.2, 0.25) is 0 Å². The number of methoxy groups -OCH3 is 1. The molecule has 0 fully saturated rings. The molecule has 1 heterocycles. The van der Waals surface area contributed by atoms with Gasteiger partial charge in [0.25, 0.3) is 0 Å². The van der Waals surface area contributed by atoms with E-state index >= 15 is 0 Å². The van der Waals surface area contributed by atoms with Crippen molar-refractivity contribution >= 4 is 17.5 Å². The summed E-state index contributed by atoms with van der Waals surface area (Å²) in [6.45, 7) is 9.89. The van der Waals surface area contributed by atoms with Crippen LogP contribution in [0.3, 0.4) is 0 Å². The zero-order valence-corrected chi connectivity index (χ0v) is 16.8. The molecule has 1 aliphatic rings. The van der Waals surface area contributed by atoms with Crippen LogP contribution < -0.4 is 15.4 Å². The smallest absolute Gasteiger partial charge is 0.412 e. The zero-order valence-electron chi connectivity index (χ0n) is 16.8. The van der Waals surface area contributed by atoms with E-state index in [0.29, 0.717) is 5.69 Å². The van der Waals surface area contributed by atoms with Gasteiger partial charge in [-0.2, -0.15) is 0 Å². The number of fused-ring (bicyclic) bond motifs is 1. The maximum atomic E-state index is 12.2. The first kappa shape index (κ1) is 19.1. The number of carbonyl (C=O) groups excluding carboxylic acids is 1. The van der Waals surface area contributed by atoms with Crippen LogP contribution in [0.25, 0.3) is 0 Å². The first-order valence-electron chi connectivity index (χ1n) is 9.19. The van der Waals surface area contributed by atoms with Crippen molar-refractivity contribution in [2.24, 2.45) is 0 Å². The monoisotopic (exact) mass is 368 g/mol. The highest BCUT2D eigenvalue weighted by atomic mass is 16.6. The Morgan fingerprint density at radius 3 is 2.52 bits per heavy atom. The van der Waals surface area contributed by atoms with E-state index in [0.717, 1.165) is 17.0 Å². The number of amides is 1. The van der Waals surface area contributed by atoms with Gasteiger partial charge in [-0.05, 0) is 64.4 Å². The van der Waals surface area contributed by atoms with E-state index in [-0.39, 0.29) is 11.5 Å². The molecular weight excluding hydrogens is 340 g/mol. The molecule has 144 valence electrons. The van der Waals surface area contributed by atoms with E-state index in [9.17, 15) is 4.79 Å². The van der Waals surface area contributed by atoms with Gasteiger partial charge < -0.3 is 14.8 Å². The van der Waals surface area contributed by atoms with Crippen molar-refractivity contribution in [1.82, 2.24) is 0 Å². The van der Waals surface area contributed by atoms with Crippen molar-refractivity contribution < 1.29 is 14.3 Å². The Morgan fingerprint density at radius 1 is 1.15 bits per heavy atom. The van der Waals surface area contributed by atoms with Gasteiger partial charge in [0.15, 0.2) is 0 Å². The second kappa shape index (κ2) is 6.80. The van der Waals surface area contributed by atoms with Crippen LogP contribution in [-0.4, -0.2) is 24.8 Å². The number of carbonyl (C=O) groups is 1. The summed E-state index contributed by atoms with van der Waals surface area (Å²) in [4.78, 5) is 12.2. The quantitative estimate of drug-likeness (QED) is 0.785. The Morgan fingerprint density at radius 2 is 1.85 bits per heavy atom. The second-order valence-electron chi connectivity index (χ2n) is 8.16. The van der Waals surface area contributed by atoms with Gasteiger partial charge in [-0.15, -0.1) is 0 Å². The van der Waals surface area contributed by atoms with Crippen LogP contribution in [0.4, 0.5) is 16.2 Å². The topological polar surface area (TPSA) is 59.6 Å². The Hall–Kier alpha value is -2.69. The summed E-state index contributed by atoms with van der Waals surface area (Å²) in [6, 6.07) is 14.2. The van der Waals surface area contributed by atoms with Gasteiger partial charge >= 0.3 is 6.09 Å². The molecule has 2 aromatic carbocycles. The van der Waals surface area contributed by atoms with Crippen molar-refractivity contribution in [2.45, 2.75) is 51.7 Å². The standard InChI is InChI=1S/C22H28N2O3/c1-14-22(5,16-9-7-8-10-18(16)23-14)17-13-15(11-12-19(17)26-6)24-20(25)27-21(2,3)4/h7-14,23H,1-6H3,(H,24,25)/t14-,22+/m1/s1. The highest BCUT2D eigenvalue weighted by Crippen LogP contribution is 2.48. The van der Waals surface area contributed by atoms with Gasteiger partial charge in [-0.25, -0.2) is 4.79 Å². The lowest BCUT2D eigenvalue weighted by Crippen LogP contribution is -2.35. The van der Waals surface area contributed by atoms with Crippen molar-refractivity contribution in [3.63, 3.8) is 0 Å². The largest absolute Gasteiger partial charge is 0.496 e. The molecule has 0 bridgehead atoms. The fourth-order valence-corrected chi connectivity index (χ4v) is 3.66. The fraction of sp³-hybridized carbons (Fsp3) is 0.409. The van der Waals surface area contributed by atoms with Crippen LogP contribution in [0, 0.1) is 0 Å². The number of nitrogens with one attached hydrogen (secondary N) is 2. The van der Waals surface area contributed by atoms with E-state index in [1.54, 1.807) is 7.11 Å². The summed E-state index contributed by atoms with van der Waals surface area (Å²) in [5.74, 6) is 0.789. The number of rotatable bonds is 3. The molecule has 0 radical (unpaired) electrons. The average Bonchev–Trinajstić information content (AvgIpc) is 2.85. The number of hydrogen-bond acceptors (Lipinski definition) is 4. The van der Waals surface area contributed by atoms with Crippen LogP contribution in [-0.2, 0) is 10.2 Å². The molecule has 0 unspecified atom stereocenters. The lowest BCUT2D eigenvalue weighted by atomic mass is 9.73. The highest BCUT2D eigenvalue weighted by Gasteiger charge is 2.43. The van der Waals surface area contributed by atoms with Crippen LogP contribution >= 0.6 is 0 Å². The minimum Gasteiger partial charge on any atom is -0.496 e. The molecule has 2 aromatic rings. The molecular formula is C22H28N2O3. The van der Waals surface area contributed by atoms with E-state index in [1.807, 2.05) is 51.1 Å². The SMILES string of the molecule is COc1ccc(NC(=O)OC(C)(C)C)cc1[C@]1(C)c2ccccc2N[C@@H]1C. The Kier molecular flexibility index (Phi) is 4.81. The van der Waals surface area contributed by atoms with Crippen LogP contribution in [0.5, 0.6) is 5.75 Å². The lowest BCUT2D eigenvalue weighted by Gasteiger charge is -2.32. The van der Waals surface area contributed by atoms with Crippen LogP contribution in [0.2, 0.25) is 0 Å². The summed E-state index contributed by atoms with van der Waals surface area (Å²) in [7, 11) is 1.67. The van der Waals surface area contributed by atoms with Gasteiger partial charge in [-0.1, -0.05) is 18.2 Å². The number of ether oxygens (including phenoxy) is 2. The predicted octanol–water partition coefficient (Wildman–Crippen LogP) is 5.16. The van der Waals surface area contributed by atoms with Crippen molar-refractivity contribution in [1.29, 1.82) is 0 Å². The van der Waals surface area contributed by atoms with Crippen molar-refractivity contribution in [3.05, 3.63) is 53.6 Å². The lowest BCUT2D eigenvalue weighted by molar-refractivity contribution is 0.0636. The van der Waals surface area contributed by atoms with Gasteiger partial charge in [0, 0.05) is 28.4 Å². The molecule has 0 saturated carbocycles. The molecule has 2 atom stereocenters. The van der Waals surface area contributed by atoms with Crippen molar-refractivity contribution in [3.8, 4) is 5.75 Å². The minimum atomic E-state index is -0.547. The molecule has 0 aromatic heterocycles. The molecule has 27 heavy (non-hydrogen) atoms. The minimum absolute atomic E-state index is 0.167. The molecule has 1 amide bonds. The zero-order chi connectivity index (χ0) is 19.8. The highest BCUT2D eigenvalue weighted by molar-refractivity contribution is 5.85. The third-order valence-corrected chi connectivity index (χ3v) is 5.13. The number of benzene rings is 2. The van der Waals surface area contributed by atoms with E-state index in [1.165, 1.54) is 5.56 Å². The normalized spacial score (nSPS) is 21.2. The Labute approximate surface area is 161 Å². The number of para-hydroxylation sites is 1. The maximum absolute atomic E-state index is 12.2. The molecule has 0 aliphatic carbocycles. The van der Waals surface area contributed by atoms with Gasteiger partial charge in [0.1, 0.15) is 11.4 Å². The first-order valence-corrected chi connectivity index (χ1v) is 9.19. The summed E-state index contributed by atoms with van der Waals surface area (Å²) in [5, 5.41) is 6.39. The molecule has 5 heteroatoms. The summed E-state index contributed by atoms with van der Waals surface area (Å²) >= 11 is 0. The maximum Gasteiger partial charge on any atom is 0.412 e. The first-order chi connectivity index (χ1) is 12.6. The predicted molar refractivity (Wildman–Crippen MR) is 109 cm³/mol. The van der Waals surface area contributed by atoms with E-state index in [4.69, 9.17) is 9.47 Å². The van der Waals surface area contributed by atoms with E-state index in [2.05, 4.69) is 36.6 Å². The summed E-state index contributed by atoms with van der Waals surface area (Å²) in [6.07, 6.45) is -0.471. The fourth-order valence-electron chi connectivity index (χ4n) is 3.66. The number of hydrogen-bond donors (Lipinski definition) is 2. The van der Waals surface area contributed by atoms with E-state index < -0.39 is 11.7 Å². The van der Waals surface area contributed by atoms with Gasteiger partial charge in [0.05, 0.1) is 7.11 Å². The van der Waals surface area contributed by atoms with Crippen molar-refractivity contribution in [2.75, 3.05) is 17.7 Å². The molecule has 0 saturated heterocycles. The average molecular weight is 368 g/mol. The molecule has 0 spiro atoms. The molecule has 2 N–H and O–H groups in total. The summed E-state index contributed by atoms with van der Waals surface area (Å²) in [5.41, 5.74) is 3.19. The third kappa shape index (κ3) is 3.59. The van der Waals surface area contributed by atoms with Crippen LogP contribution in [0.1, 0.15) is 45.7 Å². The second-order valence-corrected chi connectivity index (χ2v) is 8.16. The molecule has 5 nitrogen and oxygen atoms in total. The Balaban J connectivity index is 2.01.